The molecule has 1 fully saturated rings. The predicted octanol–water partition coefficient (Wildman–Crippen LogP) is 4.07. The minimum atomic E-state index is 0.239. The molecular formula is C15H22O. The summed E-state index contributed by atoms with van der Waals surface area (Å²) in [6.07, 6.45) is 7.88. The molecule has 0 spiro atoms. The van der Waals surface area contributed by atoms with Crippen molar-refractivity contribution in [2.45, 2.75) is 39.5 Å². The zero-order valence-corrected chi connectivity index (χ0v) is 10.5. The van der Waals surface area contributed by atoms with Gasteiger partial charge in [0.25, 0.3) is 0 Å². The molecule has 1 rings (SSSR count). The topological polar surface area (TPSA) is 17.1 Å². The van der Waals surface area contributed by atoms with Gasteiger partial charge in [-0.05, 0) is 17.4 Å². The fourth-order valence-electron chi connectivity index (χ4n) is 1.88. The smallest absolute Gasteiger partial charge is 0.163 e. The molecule has 0 N–H and O–H groups in total. The van der Waals surface area contributed by atoms with E-state index in [0.717, 1.165) is 11.1 Å². The first-order valence-electron chi connectivity index (χ1n) is 6.11. The summed E-state index contributed by atoms with van der Waals surface area (Å²) in [5, 5.41) is 0. The Labute approximate surface area is 98.9 Å². The van der Waals surface area contributed by atoms with Crippen molar-refractivity contribution in [3.05, 3.63) is 36.5 Å². The van der Waals surface area contributed by atoms with E-state index in [9.17, 15) is 4.79 Å². The van der Waals surface area contributed by atoms with E-state index in [1.54, 1.807) is 6.08 Å². The average Bonchev–Trinajstić information content (AvgIpc) is 2.18. The van der Waals surface area contributed by atoms with Crippen molar-refractivity contribution >= 4 is 5.78 Å². The molecular weight excluding hydrogens is 196 g/mol. The molecule has 1 aliphatic rings. The Balaban J connectivity index is 2.69. The van der Waals surface area contributed by atoms with E-state index in [-0.39, 0.29) is 5.78 Å². The van der Waals surface area contributed by atoms with Crippen LogP contribution in [0.1, 0.15) is 39.5 Å². The maximum atomic E-state index is 12.1. The van der Waals surface area contributed by atoms with Crippen LogP contribution in [0.4, 0.5) is 0 Å². The zero-order valence-electron chi connectivity index (χ0n) is 10.5. The molecule has 0 amide bonds. The van der Waals surface area contributed by atoms with Gasteiger partial charge < -0.3 is 0 Å². The van der Waals surface area contributed by atoms with Crippen LogP contribution >= 0.6 is 0 Å². The number of carbonyl (C=O) groups excluding carboxylic acids is 1. The third-order valence-corrected chi connectivity index (χ3v) is 3.33. The Morgan fingerprint density at radius 1 is 1.44 bits per heavy atom. The van der Waals surface area contributed by atoms with E-state index in [1.165, 1.54) is 19.3 Å². The second-order valence-corrected chi connectivity index (χ2v) is 4.92. The Hall–Kier alpha value is -1.11. The predicted molar refractivity (Wildman–Crippen MR) is 69.2 cm³/mol. The number of allylic oxidation sites excluding steroid dienone is 4. The molecule has 16 heavy (non-hydrogen) atoms. The van der Waals surface area contributed by atoms with E-state index in [1.807, 2.05) is 6.08 Å². The van der Waals surface area contributed by atoms with Crippen molar-refractivity contribution in [2.75, 3.05) is 0 Å². The number of hydrogen-bond acceptors (Lipinski definition) is 1. The van der Waals surface area contributed by atoms with Crippen LogP contribution in [0, 0.1) is 11.8 Å². The molecule has 1 nitrogen and oxygen atoms in total. The molecule has 0 aliphatic heterocycles. The van der Waals surface area contributed by atoms with Crippen LogP contribution in [-0.4, -0.2) is 5.78 Å². The summed E-state index contributed by atoms with van der Waals surface area (Å²) < 4.78 is 0. The van der Waals surface area contributed by atoms with Crippen LogP contribution in [0.3, 0.4) is 0 Å². The van der Waals surface area contributed by atoms with Gasteiger partial charge in [-0.3, -0.25) is 4.79 Å². The molecule has 0 atom stereocenters. The number of ketones is 1. The van der Waals surface area contributed by atoms with Gasteiger partial charge in [0.15, 0.2) is 5.78 Å². The number of rotatable bonds is 6. The summed E-state index contributed by atoms with van der Waals surface area (Å²) in [6.45, 7) is 11.8. The first-order valence-corrected chi connectivity index (χ1v) is 6.11. The van der Waals surface area contributed by atoms with Gasteiger partial charge in [0, 0.05) is 12.0 Å². The van der Waals surface area contributed by atoms with Crippen LogP contribution in [0.2, 0.25) is 0 Å². The number of Topliss-reactive ketones (excluding diaryl/α,β-unsaturated/α-hetero) is 1. The van der Waals surface area contributed by atoms with E-state index in [0.29, 0.717) is 18.3 Å². The molecule has 0 bridgehead atoms. The van der Waals surface area contributed by atoms with Crippen molar-refractivity contribution in [3.63, 3.8) is 0 Å². The molecule has 1 saturated carbocycles. The lowest BCUT2D eigenvalue weighted by Gasteiger charge is -2.25. The van der Waals surface area contributed by atoms with Crippen LogP contribution in [0.5, 0.6) is 0 Å². The fourth-order valence-corrected chi connectivity index (χ4v) is 1.88. The van der Waals surface area contributed by atoms with E-state index < -0.39 is 0 Å². The molecule has 0 saturated heterocycles. The van der Waals surface area contributed by atoms with Crippen LogP contribution < -0.4 is 0 Å². The summed E-state index contributed by atoms with van der Waals surface area (Å²) in [5.41, 5.74) is 1.71. The first kappa shape index (κ1) is 13.0. The maximum Gasteiger partial charge on any atom is 0.163 e. The normalized spacial score (nSPS) is 17.1. The number of carbonyl (C=O) groups is 1. The summed E-state index contributed by atoms with van der Waals surface area (Å²) in [4.78, 5) is 12.1. The van der Waals surface area contributed by atoms with E-state index in [4.69, 9.17) is 0 Å². The Morgan fingerprint density at radius 3 is 2.44 bits per heavy atom. The standard InChI is InChI=1S/C15H22O/c1-5-7-14(12(4)11(2)3)15(16)10-13-8-6-9-13/h5,7,11,13H,1,4,6,8-10H2,2-3H3/b14-7+. The summed E-state index contributed by atoms with van der Waals surface area (Å²) in [6, 6.07) is 0. The highest BCUT2D eigenvalue weighted by Gasteiger charge is 2.23. The quantitative estimate of drug-likeness (QED) is 0.485. The van der Waals surface area contributed by atoms with Crippen LogP contribution in [0.15, 0.2) is 36.5 Å². The second-order valence-electron chi connectivity index (χ2n) is 4.92. The van der Waals surface area contributed by atoms with Gasteiger partial charge in [-0.25, -0.2) is 0 Å². The molecule has 0 aromatic heterocycles. The van der Waals surface area contributed by atoms with E-state index in [2.05, 4.69) is 27.0 Å². The largest absolute Gasteiger partial charge is 0.294 e. The highest BCUT2D eigenvalue weighted by atomic mass is 16.1. The lowest BCUT2D eigenvalue weighted by Crippen LogP contribution is -2.18. The van der Waals surface area contributed by atoms with Gasteiger partial charge in [0.05, 0.1) is 0 Å². The van der Waals surface area contributed by atoms with Gasteiger partial charge in [-0.2, -0.15) is 0 Å². The molecule has 0 heterocycles. The minimum Gasteiger partial charge on any atom is -0.294 e. The second kappa shape index (κ2) is 5.83. The Morgan fingerprint density at radius 2 is 2.06 bits per heavy atom. The van der Waals surface area contributed by atoms with Crippen molar-refractivity contribution in [1.82, 2.24) is 0 Å². The van der Waals surface area contributed by atoms with Crippen molar-refractivity contribution < 1.29 is 4.79 Å². The molecule has 1 heteroatoms. The molecule has 0 unspecified atom stereocenters. The SMILES string of the molecule is C=C/C=C(\C(=C)C(C)C)C(=O)CC1CCC1. The van der Waals surface area contributed by atoms with Crippen LogP contribution in [-0.2, 0) is 4.79 Å². The Kier molecular flexibility index (Phi) is 4.72. The highest BCUT2D eigenvalue weighted by Crippen LogP contribution is 2.31. The van der Waals surface area contributed by atoms with Crippen LogP contribution in [0.25, 0.3) is 0 Å². The van der Waals surface area contributed by atoms with E-state index >= 15 is 0 Å². The van der Waals surface area contributed by atoms with Gasteiger partial charge in [0.2, 0.25) is 0 Å². The summed E-state index contributed by atoms with van der Waals surface area (Å²) >= 11 is 0. The van der Waals surface area contributed by atoms with Crippen molar-refractivity contribution in [1.29, 1.82) is 0 Å². The first-order chi connectivity index (χ1) is 7.56. The highest BCUT2D eigenvalue weighted by molar-refractivity contribution is 5.99. The molecule has 0 radical (unpaired) electrons. The summed E-state index contributed by atoms with van der Waals surface area (Å²) in [7, 11) is 0. The average molecular weight is 218 g/mol. The minimum absolute atomic E-state index is 0.239. The maximum absolute atomic E-state index is 12.1. The lowest BCUT2D eigenvalue weighted by molar-refractivity contribution is -0.116. The molecule has 1 aliphatic carbocycles. The molecule has 0 aromatic rings. The number of hydrogen-bond donors (Lipinski definition) is 0. The van der Waals surface area contributed by atoms with Crippen molar-refractivity contribution in [2.24, 2.45) is 11.8 Å². The zero-order chi connectivity index (χ0) is 12.1. The fraction of sp³-hybridized carbons (Fsp3) is 0.533. The van der Waals surface area contributed by atoms with Gasteiger partial charge >= 0.3 is 0 Å². The van der Waals surface area contributed by atoms with Gasteiger partial charge in [-0.15, -0.1) is 0 Å². The third-order valence-electron chi connectivity index (χ3n) is 3.33. The lowest BCUT2D eigenvalue weighted by atomic mass is 9.79. The van der Waals surface area contributed by atoms with Crippen molar-refractivity contribution in [3.8, 4) is 0 Å². The van der Waals surface area contributed by atoms with Gasteiger partial charge in [0.1, 0.15) is 0 Å². The monoisotopic (exact) mass is 218 g/mol. The Bertz CT molecular complexity index is 316. The third kappa shape index (κ3) is 3.19. The molecule has 0 aromatic carbocycles. The molecule has 88 valence electrons. The summed E-state index contributed by atoms with van der Waals surface area (Å²) in [5.74, 6) is 1.17. The van der Waals surface area contributed by atoms with Gasteiger partial charge in [-0.1, -0.05) is 58.4 Å².